The molecule has 1 N–H and O–H groups in total. The number of alkyl halides is 3. The average Bonchev–Trinajstić information content (AvgIpc) is 2.63. The molecule has 5 atom stereocenters. The van der Waals surface area contributed by atoms with Gasteiger partial charge in [-0.2, -0.15) is 0 Å². The fraction of sp³-hybridized carbons (Fsp3) is 0.526. The van der Waals surface area contributed by atoms with Crippen LogP contribution in [0.4, 0.5) is 0 Å². The van der Waals surface area contributed by atoms with Crippen LogP contribution in [0.3, 0.4) is 0 Å². The molecule has 0 bridgehead atoms. The van der Waals surface area contributed by atoms with E-state index >= 15 is 0 Å². The Bertz CT molecular complexity index is 756. The van der Waals surface area contributed by atoms with Crippen LogP contribution in [0.5, 0.6) is 0 Å². The van der Waals surface area contributed by atoms with Crippen LogP contribution in [-0.2, 0) is 39.9 Å². The smallest absolute Gasteiger partial charge is 0.303 e. The van der Waals surface area contributed by atoms with E-state index in [9.17, 15) is 9.59 Å². The van der Waals surface area contributed by atoms with Gasteiger partial charge in [0.05, 0.1) is 12.7 Å². The van der Waals surface area contributed by atoms with E-state index in [0.29, 0.717) is 0 Å². The highest BCUT2D eigenvalue weighted by molar-refractivity contribution is 6.76. The maximum atomic E-state index is 11.8. The zero-order chi connectivity index (χ0) is 22.5. The molecule has 1 aliphatic heterocycles. The van der Waals surface area contributed by atoms with Crippen molar-refractivity contribution in [3.8, 4) is 0 Å². The number of hydrogen-bond acceptors (Lipinski definition) is 8. The summed E-state index contributed by atoms with van der Waals surface area (Å²) >= 11 is 17.0. The van der Waals surface area contributed by atoms with Crippen molar-refractivity contribution in [3.05, 3.63) is 35.9 Å². The van der Waals surface area contributed by atoms with Gasteiger partial charge in [-0.05, 0) is 12.5 Å². The summed E-state index contributed by atoms with van der Waals surface area (Å²) in [5, 5.41) is 7.79. The number of halogens is 3. The highest BCUT2D eigenvalue weighted by Gasteiger charge is 2.51. The van der Waals surface area contributed by atoms with Crippen molar-refractivity contribution in [2.45, 2.75) is 61.9 Å². The first kappa shape index (κ1) is 24.7. The van der Waals surface area contributed by atoms with Crippen LogP contribution < -0.4 is 0 Å². The van der Waals surface area contributed by atoms with E-state index in [-0.39, 0.29) is 6.61 Å². The molecular weight excluding hydrogens is 461 g/mol. The Morgan fingerprint density at radius 2 is 1.57 bits per heavy atom. The van der Waals surface area contributed by atoms with Gasteiger partial charge in [-0.15, -0.1) is 0 Å². The average molecular weight is 483 g/mol. The van der Waals surface area contributed by atoms with Gasteiger partial charge in [-0.1, -0.05) is 65.1 Å². The predicted molar refractivity (Wildman–Crippen MR) is 110 cm³/mol. The lowest BCUT2D eigenvalue weighted by atomic mass is 9.98. The zero-order valence-corrected chi connectivity index (χ0v) is 18.7. The number of nitrogens with one attached hydrogen (secondary N) is 1. The van der Waals surface area contributed by atoms with E-state index in [1.54, 1.807) is 6.92 Å². The molecule has 30 heavy (non-hydrogen) atoms. The molecule has 1 heterocycles. The molecule has 166 valence electrons. The van der Waals surface area contributed by atoms with Crippen LogP contribution in [-0.4, -0.2) is 52.3 Å². The summed E-state index contributed by atoms with van der Waals surface area (Å²) < 4.78 is 25.5. The summed E-state index contributed by atoms with van der Waals surface area (Å²) in [7, 11) is 0. The summed E-state index contributed by atoms with van der Waals surface area (Å²) in [6.07, 6.45) is -5.21. The van der Waals surface area contributed by atoms with E-state index in [2.05, 4.69) is 0 Å². The molecule has 1 fully saturated rings. The van der Waals surface area contributed by atoms with Gasteiger partial charge >= 0.3 is 11.9 Å². The Morgan fingerprint density at radius 3 is 2.10 bits per heavy atom. The van der Waals surface area contributed by atoms with Gasteiger partial charge in [-0.3, -0.25) is 15.0 Å². The van der Waals surface area contributed by atoms with Crippen LogP contribution in [0.2, 0.25) is 0 Å². The lowest BCUT2D eigenvalue weighted by Crippen LogP contribution is -2.61. The fourth-order valence-corrected chi connectivity index (χ4v) is 3.02. The first-order valence-corrected chi connectivity index (χ1v) is 10.1. The molecule has 0 aliphatic carbocycles. The number of esters is 2. The Balaban J connectivity index is 2.28. The minimum atomic E-state index is -2.16. The third kappa shape index (κ3) is 6.99. The minimum Gasteiger partial charge on any atom is -0.455 e. The molecule has 0 spiro atoms. The van der Waals surface area contributed by atoms with Crippen molar-refractivity contribution >= 4 is 52.6 Å². The van der Waals surface area contributed by atoms with Gasteiger partial charge < -0.3 is 23.7 Å². The first-order chi connectivity index (χ1) is 14.0. The topological polar surface area (TPSA) is 104 Å². The van der Waals surface area contributed by atoms with E-state index in [1.165, 1.54) is 13.8 Å². The Kier molecular flexibility index (Phi) is 8.75. The quantitative estimate of drug-likeness (QED) is 0.286. The second-order valence-electron chi connectivity index (χ2n) is 6.56. The molecule has 0 amide bonds. The monoisotopic (exact) mass is 481 g/mol. The standard InChI is InChI=1S/C19H22Cl3NO7/c1-10-14(26-9-13-7-5-4-6-8-13)15(28-11(2)24)16(29-12(3)25)17(27-10)30-18(23)19(20,21)22/h4-8,10,14-17,23H,9H2,1-3H3/t10-,14-,15+,16+,17?/m0/s1. The number of ether oxygens (including phenoxy) is 5. The molecule has 1 saturated heterocycles. The Labute approximate surface area is 189 Å². The molecule has 1 aromatic rings. The van der Waals surface area contributed by atoms with Crippen LogP contribution in [0.1, 0.15) is 26.3 Å². The summed E-state index contributed by atoms with van der Waals surface area (Å²) in [5.74, 6) is -2.06. The van der Waals surface area contributed by atoms with Crippen LogP contribution in [0.15, 0.2) is 30.3 Å². The molecule has 1 unspecified atom stereocenters. The van der Waals surface area contributed by atoms with Gasteiger partial charge in [0.1, 0.15) is 6.10 Å². The van der Waals surface area contributed by atoms with Gasteiger partial charge in [0, 0.05) is 13.8 Å². The summed E-state index contributed by atoms with van der Waals surface area (Å²) in [4.78, 5) is 23.4. The number of carbonyl (C=O) groups is 2. The fourth-order valence-electron chi connectivity index (χ4n) is 2.89. The van der Waals surface area contributed by atoms with Gasteiger partial charge in [0.15, 0.2) is 6.10 Å². The van der Waals surface area contributed by atoms with Crippen molar-refractivity contribution in [2.75, 3.05) is 0 Å². The van der Waals surface area contributed by atoms with Gasteiger partial charge in [-0.25, -0.2) is 0 Å². The maximum Gasteiger partial charge on any atom is 0.303 e. The van der Waals surface area contributed by atoms with E-state index in [1.807, 2.05) is 30.3 Å². The first-order valence-electron chi connectivity index (χ1n) is 8.97. The van der Waals surface area contributed by atoms with E-state index in [4.69, 9.17) is 63.9 Å². The largest absolute Gasteiger partial charge is 0.455 e. The van der Waals surface area contributed by atoms with Crippen molar-refractivity contribution in [3.63, 3.8) is 0 Å². The lowest BCUT2D eigenvalue weighted by Gasteiger charge is -2.43. The van der Waals surface area contributed by atoms with Crippen molar-refractivity contribution in [2.24, 2.45) is 0 Å². The second kappa shape index (κ2) is 10.6. The molecule has 2 rings (SSSR count). The zero-order valence-electron chi connectivity index (χ0n) is 16.5. The second-order valence-corrected chi connectivity index (χ2v) is 8.84. The molecular formula is C19H22Cl3NO7. The number of carbonyl (C=O) groups excluding carboxylic acids is 2. The van der Waals surface area contributed by atoms with Crippen molar-refractivity contribution in [1.29, 1.82) is 5.41 Å². The third-order valence-electron chi connectivity index (χ3n) is 4.11. The van der Waals surface area contributed by atoms with Crippen LogP contribution >= 0.6 is 34.8 Å². The number of rotatable bonds is 6. The summed E-state index contributed by atoms with van der Waals surface area (Å²) in [6.45, 7) is 4.23. The molecule has 1 aromatic carbocycles. The van der Waals surface area contributed by atoms with Crippen molar-refractivity contribution in [1.82, 2.24) is 0 Å². The molecule has 0 saturated carbocycles. The highest BCUT2D eigenvalue weighted by atomic mass is 35.6. The Hall–Kier alpha value is -1.58. The van der Waals surface area contributed by atoms with Crippen LogP contribution in [0, 0.1) is 5.41 Å². The van der Waals surface area contributed by atoms with Crippen LogP contribution in [0.25, 0.3) is 0 Å². The molecule has 0 aromatic heterocycles. The van der Waals surface area contributed by atoms with Crippen molar-refractivity contribution < 1.29 is 33.3 Å². The summed E-state index contributed by atoms with van der Waals surface area (Å²) in [5.41, 5.74) is 0.881. The lowest BCUT2D eigenvalue weighted by molar-refractivity contribution is -0.289. The SMILES string of the molecule is CC(=O)O[C@@H]1[C@@H](OCc2ccccc2)[C@H](C)OC(OC(=N)C(Cl)(Cl)Cl)[C@@H]1OC(C)=O. The third-order valence-corrected chi connectivity index (χ3v) is 4.62. The molecule has 8 nitrogen and oxygen atoms in total. The molecule has 0 radical (unpaired) electrons. The number of benzene rings is 1. The normalized spacial score (nSPS) is 26.5. The number of hydrogen-bond donors (Lipinski definition) is 1. The predicted octanol–water partition coefficient (Wildman–Crippen LogP) is 3.54. The molecule has 1 aliphatic rings. The Morgan fingerprint density at radius 1 is 1.00 bits per heavy atom. The van der Waals surface area contributed by atoms with Gasteiger partial charge in [0.25, 0.3) is 3.79 Å². The maximum absolute atomic E-state index is 11.8. The minimum absolute atomic E-state index is 0.194. The summed E-state index contributed by atoms with van der Waals surface area (Å²) in [6, 6.07) is 9.32. The molecule has 11 heteroatoms. The highest BCUT2D eigenvalue weighted by Crippen LogP contribution is 2.33. The van der Waals surface area contributed by atoms with E-state index in [0.717, 1.165) is 5.56 Å². The van der Waals surface area contributed by atoms with E-state index < -0.39 is 52.3 Å². The van der Waals surface area contributed by atoms with Gasteiger partial charge in [0.2, 0.25) is 18.3 Å².